The molecule has 0 aromatic heterocycles. The molecule has 7 nitrogen and oxygen atoms in total. The molecule has 160 valence electrons. The van der Waals surface area contributed by atoms with Crippen molar-refractivity contribution in [3.05, 3.63) is 64.1 Å². The standard InChI is InChI=1S/C20H21Cl2N3O4S/c1-14(23-19(26)15-5-3-2-4-6-15)20(27)24-9-11-25(12-10-24)30(28,29)18-13-16(21)7-8-17(18)22/h2-8,13-14H,9-12H2,1H3,(H,23,26)/t14-/m0/s1. The molecule has 1 N–H and O–H groups in total. The van der Waals surface area contributed by atoms with Gasteiger partial charge in [0.15, 0.2) is 0 Å². The number of carbonyl (C=O) groups excluding carboxylic acids is 2. The summed E-state index contributed by atoms with van der Waals surface area (Å²) in [6.45, 7) is 2.27. The van der Waals surface area contributed by atoms with E-state index in [1.807, 2.05) is 0 Å². The summed E-state index contributed by atoms with van der Waals surface area (Å²) in [7, 11) is -3.83. The van der Waals surface area contributed by atoms with Crippen molar-refractivity contribution < 1.29 is 18.0 Å². The number of hydrogen-bond donors (Lipinski definition) is 1. The zero-order chi connectivity index (χ0) is 21.9. The molecule has 30 heavy (non-hydrogen) atoms. The largest absolute Gasteiger partial charge is 0.341 e. The van der Waals surface area contributed by atoms with Gasteiger partial charge in [-0.1, -0.05) is 41.4 Å². The van der Waals surface area contributed by atoms with E-state index in [4.69, 9.17) is 23.2 Å². The van der Waals surface area contributed by atoms with Crippen molar-refractivity contribution in [2.45, 2.75) is 17.9 Å². The van der Waals surface area contributed by atoms with Gasteiger partial charge in [-0.3, -0.25) is 9.59 Å². The summed E-state index contributed by atoms with van der Waals surface area (Å²) in [5, 5.41) is 3.05. The first-order valence-corrected chi connectivity index (χ1v) is 11.5. The normalized spacial score (nSPS) is 16.2. The minimum atomic E-state index is -3.83. The van der Waals surface area contributed by atoms with Crippen LogP contribution in [0.15, 0.2) is 53.4 Å². The summed E-state index contributed by atoms with van der Waals surface area (Å²) in [6.07, 6.45) is 0. The zero-order valence-electron chi connectivity index (χ0n) is 16.2. The topological polar surface area (TPSA) is 86.8 Å². The van der Waals surface area contributed by atoms with Crippen LogP contribution in [0.25, 0.3) is 0 Å². The highest BCUT2D eigenvalue weighted by Gasteiger charge is 2.33. The number of amides is 2. The molecule has 0 spiro atoms. The van der Waals surface area contributed by atoms with Gasteiger partial charge in [0, 0.05) is 36.8 Å². The molecule has 2 aromatic carbocycles. The fourth-order valence-electron chi connectivity index (χ4n) is 3.17. The van der Waals surface area contributed by atoms with E-state index >= 15 is 0 Å². The second-order valence-corrected chi connectivity index (χ2v) is 9.62. The molecule has 2 aromatic rings. The maximum absolute atomic E-state index is 12.9. The molecule has 10 heteroatoms. The molecular weight excluding hydrogens is 449 g/mol. The van der Waals surface area contributed by atoms with E-state index in [0.29, 0.717) is 5.56 Å². The van der Waals surface area contributed by atoms with E-state index in [1.54, 1.807) is 42.2 Å². The van der Waals surface area contributed by atoms with Crippen LogP contribution >= 0.6 is 23.2 Å². The number of rotatable bonds is 5. The lowest BCUT2D eigenvalue weighted by atomic mass is 10.2. The minimum absolute atomic E-state index is 0.0556. The lowest BCUT2D eigenvalue weighted by Gasteiger charge is -2.35. The van der Waals surface area contributed by atoms with E-state index in [0.717, 1.165) is 0 Å². The molecule has 0 saturated carbocycles. The molecule has 1 heterocycles. The quantitative estimate of drug-likeness (QED) is 0.728. The fourth-order valence-corrected chi connectivity index (χ4v) is 5.33. The second-order valence-electron chi connectivity index (χ2n) is 6.87. The van der Waals surface area contributed by atoms with Crippen molar-refractivity contribution in [3.63, 3.8) is 0 Å². The first-order chi connectivity index (χ1) is 14.2. The van der Waals surface area contributed by atoms with Gasteiger partial charge in [0.1, 0.15) is 10.9 Å². The molecular formula is C20H21Cl2N3O4S. The number of nitrogens with zero attached hydrogens (tertiary/aromatic N) is 2. The summed E-state index contributed by atoms with van der Waals surface area (Å²) in [6, 6.07) is 12.2. The van der Waals surface area contributed by atoms with Crippen LogP contribution in [-0.2, 0) is 14.8 Å². The summed E-state index contributed by atoms with van der Waals surface area (Å²) in [5.41, 5.74) is 0.464. The summed E-state index contributed by atoms with van der Waals surface area (Å²) in [5.74, 6) is -0.606. The van der Waals surface area contributed by atoms with Crippen LogP contribution < -0.4 is 5.32 Å². The summed E-state index contributed by atoms with van der Waals surface area (Å²) >= 11 is 12.0. The van der Waals surface area contributed by atoms with Crippen molar-refractivity contribution in [2.24, 2.45) is 0 Å². The Morgan fingerprint density at radius 3 is 2.27 bits per heavy atom. The SMILES string of the molecule is C[C@H](NC(=O)c1ccccc1)C(=O)N1CCN(S(=O)(=O)c2cc(Cl)ccc2Cl)CC1. The number of halogens is 2. The monoisotopic (exact) mass is 469 g/mol. The van der Waals surface area contributed by atoms with Crippen molar-refractivity contribution >= 4 is 45.0 Å². The maximum atomic E-state index is 12.9. The van der Waals surface area contributed by atoms with E-state index in [9.17, 15) is 18.0 Å². The van der Waals surface area contributed by atoms with Gasteiger partial charge in [-0.2, -0.15) is 4.31 Å². The highest BCUT2D eigenvalue weighted by atomic mass is 35.5. The van der Waals surface area contributed by atoms with Crippen LogP contribution in [0.4, 0.5) is 0 Å². The van der Waals surface area contributed by atoms with Crippen LogP contribution in [0.5, 0.6) is 0 Å². The first-order valence-electron chi connectivity index (χ1n) is 9.30. The van der Waals surface area contributed by atoms with Crippen LogP contribution in [0.2, 0.25) is 10.0 Å². The highest BCUT2D eigenvalue weighted by molar-refractivity contribution is 7.89. The molecule has 0 bridgehead atoms. The molecule has 0 radical (unpaired) electrons. The molecule has 1 aliphatic rings. The Bertz CT molecular complexity index is 1040. The first kappa shape index (κ1) is 22.6. The Labute approximate surface area is 185 Å². The molecule has 0 unspecified atom stereocenters. The Kier molecular flexibility index (Phi) is 7.02. The molecule has 1 atom stereocenters. The molecule has 0 aliphatic carbocycles. The smallest absolute Gasteiger partial charge is 0.251 e. The van der Waals surface area contributed by atoms with Gasteiger partial charge in [-0.15, -0.1) is 0 Å². The van der Waals surface area contributed by atoms with Gasteiger partial charge in [0.2, 0.25) is 15.9 Å². The Morgan fingerprint density at radius 1 is 1.00 bits per heavy atom. The van der Waals surface area contributed by atoms with Crippen LogP contribution in [0, 0.1) is 0 Å². The lowest BCUT2D eigenvalue weighted by molar-refractivity contribution is -0.134. The second kappa shape index (κ2) is 9.34. The van der Waals surface area contributed by atoms with Crippen molar-refractivity contribution in [1.82, 2.24) is 14.5 Å². The Morgan fingerprint density at radius 2 is 1.63 bits per heavy atom. The summed E-state index contributed by atoms with van der Waals surface area (Å²) < 4.78 is 27.1. The maximum Gasteiger partial charge on any atom is 0.251 e. The van der Waals surface area contributed by atoms with E-state index in [2.05, 4.69) is 5.32 Å². The molecule has 1 aliphatic heterocycles. The van der Waals surface area contributed by atoms with E-state index in [-0.39, 0.29) is 52.9 Å². The average Bonchev–Trinajstić information content (AvgIpc) is 2.75. The predicted octanol–water partition coefficient (Wildman–Crippen LogP) is 2.64. The number of hydrogen-bond acceptors (Lipinski definition) is 4. The zero-order valence-corrected chi connectivity index (χ0v) is 18.5. The van der Waals surface area contributed by atoms with E-state index < -0.39 is 16.1 Å². The van der Waals surface area contributed by atoms with Gasteiger partial charge in [-0.05, 0) is 37.3 Å². The van der Waals surface area contributed by atoms with Crippen LogP contribution in [-0.4, -0.2) is 61.7 Å². The van der Waals surface area contributed by atoms with Crippen molar-refractivity contribution in [3.8, 4) is 0 Å². The molecule has 1 fully saturated rings. The van der Waals surface area contributed by atoms with Crippen LogP contribution in [0.3, 0.4) is 0 Å². The third-order valence-corrected chi connectivity index (χ3v) is 7.43. The predicted molar refractivity (Wildman–Crippen MR) is 115 cm³/mol. The fraction of sp³-hybridized carbons (Fsp3) is 0.300. The Hall–Kier alpha value is -2.13. The lowest BCUT2D eigenvalue weighted by Crippen LogP contribution is -2.55. The molecule has 2 amide bonds. The average molecular weight is 470 g/mol. The number of carbonyl (C=O) groups is 2. The number of benzene rings is 2. The number of sulfonamides is 1. The van der Waals surface area contributed by atoms with Crippen LogP contribution in [0.1, 0.15) is 17.3 Å². The number of piperazine rings is 1. The van der Waals surface area contributed by atoms with E-state index in [1.165, 1.54) is 22.5 Å². The van der Waals surface area contributed by atoms with Crippen molar-refractivity contribution in [2.75, 3.05) is 26.2 Å². The van der Waals surface area contributed by atoms with Gasteiger partial charge in [0.05, 0.1) is 5.02 Å². The number of nitrogens with one attached hydrogen (secondary N) is 1. The molecule has 1 saturated heterocycles. The van der Waals surface area contributed by atoms with Crippen molar-refractivity contribution in [1.29, 1.82) is 0 Å². The Balaban J connectivity index is 1.61. The van der Waals surface area contributed by atoms with Gasteiger partial charge in [-0.25, -0.2) is 8.42 Å². The van der Waals surface area contributed by atoms with Gasteiger partial charge in [0.25, 0.3) is 5.91 Å². The van der Waals surface area contributed by atoms with Gasteiger partial charge < -0.3 is 10.2 Å². The third kappa shape index (κ3) is 4.95. The third-order valence-electron chi connectivity index (χ3n) is 4.82. The highest BCUT2D eigenvalue weighted by Crippen LogP contribution is 2.28. The minimum Gasteiger partial charge on any atom is -0.341 e. The summed E-state index contributed by atoms with van der Waals surface area (Å²) in [4.78, 5) is 26.4. The molecule has 3 rings (SSSR count). The van der Waals surface area contributed by atoms with Gasteiger partial charge >= 0.3 is 0 Å².